The molecule has 1 aromatic heterocycles. The third kappa shape index (κ3) is 3.28. The summed E-state index contributed by atoms with van der Waals surface area (Å²) in [7, 11) is 0. The topological polar surface area (TPSA) is 50.2 Å². The quantitative estimate of drug-likeness (QED) is 0.923. The molecule has 3 heterocycles. The predicted octanol–water partition coefficient (Wildman–Crippen LogP) is 3.13. The molecule has 0 radical (unpaired) electrons. The summed E-state index contributed by atoms with van der Waals surface area (Å²) >= 11 is 0. The number of carbonyl (C=O) groups is 1. The van der Waals surface area contributed by atoms with Crippen molar-refractivity contribution in [2.75, 3.05) is 19.6 Å². The van der Waals surface area contributed by atoms with Crippen LogP contribution in [0, 0.1) is 0 Å². The number of aromatic nitrogens is 2. The Kier molecular flexibility index (Phi) is 4.81. The van der Waals surface area contributed by atoms with Gasteiger partial charge in [0.2, 0.25) is 0 Å². The summed E-state index contributed by atoms with van der Waals surface area (Å²) in [6.07, 6.45) is 6.89. The molecule has 0 aliphatic carbocycles. The molecule has 138 valence electrons. The second-order valence-electron chi connectivity index (χ2n) is 7.83. The van der Waals surface area contributed by atoms with Crippen molar-refractivity contribution in [3.05, 3.63) is 52.8 Å². The number of rotatable bonds is 3. The van der Waals surface area contributed by atoms with Gasteiger partial charge in [-0.3, -0.25) is 9.48 Å². The fraction of sp³-hybridized carbons (Fsp3) is 0.524. The van der Waals surface area contributed by atoms with Gasteiger partial charge in [-0.1, -0.05) is 32.0 Å². The molecule has 1 aromatic carbocycles. The van der Waals surface area contributed by atoms with E-state index in [0.717, 1.165) is 38.9 Å². The molecule has 4 rings (SSSR count). The van der Waals surface area contributed by atoms with Gasteiger partial charge in [-0.25, -0.2) is 0 Å². The molecule has 5 nitrogen and oxygen atoms in total. The minimum absolute atomic E-state index is 0.0978. The number of benzene rings is 1. The molecule has 1 amide bonds. The van der Waals surface area contributed by atoms with E-state index < -0.39 is 0 Å². The van der Waals surface area contributed by atoms with Crippen LogP contribution in [0.3, 0.4) is 0 Å². The summed E-state index contributed by atoms with van der Waals surface area (Å²) < 4.78 is 1.97. The molecule has 1 atom stereocenters. The Labute approximate surface area is 155 Å². The Bertz CT molecular complexity index is 789. The van der Waals surface area contributed by atoms with Gasteiger partial charge in [0, 0.05) is 25.8 Å². The number of nitrogens with one attached hydrogen (secondary N) is 1. The lowest BCUT2D eigenvalue weighted by Gasteiger charge is -2.30. The van der Waals surface area contributed by atoms with Gasteiger partial charge in [0.1, 0.15) is 0 Å². The van der Waals surface area contributed by atoms with E-state index in [-0.39, 0.29) is 5.91 Å². The van der Waals surface area contributed by atoms with Gasteiger partial charge < -0.3 is 10.2 Å². The minimum atomic E-state index is 0.0978. The van der Waals surface area contributed by atoms with Gasteiger partial charge in [-0.05, 0) is 48.4 Å². The van der Waals surface area contributed by atoms with Crippen LogP contribution in [-0.4, -0.2) is 40.2 Å². The molecule has 1 fully saturated rings. The van der Waals surface area contributed by atoms with Gasteiger partial charge in [-0.15, -0.1) is 0 Å². The van der Waals surface area contributed by atoms with Crippen LogP contribution in [0.25, 0.3) is 0 Å². The van der Waals surface area contributed by atoms with Crippen LogP contribution in [0.2, 0.25) is 0 Å². The number of piperidine rings is 1. The summed E-state index contributed by atoms with van der Waals surface area (Å²) in [4.78, 5) is 14.9. The van der Waals surface area contributed by atoms with E-state index >= 15 is 0 Å². The molecule has 2 aromatic rings. The van der Waals surface area contributed by atoms with Crippen LogP contribution in [-0.2, 0) is 13.0 Å². The van der Waals surface area contributed by atoms with Crippen LogP contribution in [0.15, 0.2) is 30.6 Å². The average Bonchev–Trinajstić information content (AvgIpc) is 3.17. The van der Waals surface area contributed by atoms with Crippen LogP contribution in [0.5, 0.6) is 0 Å². The fourth-order valence-corrected chi connectivity index (χ4v) is 4.24. The number of carbonyl (C=O) groups excluding carboxylic acids is 1. The Morgan fingerprint density at radius 3 is 3.00 bits per heavy atom. The summed E-state index contributed by atoms with van der Waals surface area (Å²) in [6, 6.07) is 6.87. The maximum Gasteiger partial charge on any atom is 0.257 e. The monoisotopic (exact) mass is 352 g/mol. The molecule has 0 bridgehead atoms. The number of fused-ring (bicyclic) bond motifs is 1. The molecule has 5 heteroatoms. The number of amides is 1. The van der Waals surface area contributed by atoms with Gasteiger partial charge in [0.15, 0.2) is 0 Å². The summed E-state index contributed by atoms with van der Waals surface area (Å²) in [5, 5.41) is 7.87. The van der Waals surface area contributed by atoms with Gasteiger partial charge in [0.25, 0.3) is 5.91 Å². The Balaban J connectivity index is 1.50. The zero-order chi connectivity index (χ0) is 18.1. The highest BCUT2D eigenvalue weighted by Crippen LogP contribution is 2.28. The van der Waals surface area contributed by atoms with Crippen LogP contribution >= 0.6 is 0 Å². The summed E-state index contributed by atoms with van der Waals surface area (Å²) in [5.74, 6) is 0.621. The molecule has 1 N–H and O–H groups in total. The number of nitrogens with zero attached hydrogens (tertiary/aromatic N) is 3. The lowest BCUT2D eigenvalue weighted by molar-refractivity contribution is 0.0734. The van der Waals surface area contributed by atoms with Crippen LogP contribution in [0.1, 0.15) is 65.7 Å². The number of hydrogen-bond donors (Lipinski definition) is 1. The maximum atomic E-state index is 13.0. The third-order valence-electron chi connectivity index (χ3n) is 5.70. The van der Waals surface area contributed by atoms with E-state index in [1.165, 1.54) is 16.7 Å². The molecular weight excluding hydrogens is 324 g/mol. The van der Waals surface area contributed by atoms with E-state index in [2.05, 4.69) is 42.5 Å². The van der Waals surface area contributed by atoms with Crippen molar-refractivity contribution in [3.8, 4) is 0 Å². The molecule has 0 spiro atoms. The second-order valence-corrected chi connectivity index (χ2v) is 7.83. The van der Waals surface area contributed by atoms with Crippen LogP contribution < -0.4 is 5.32 Å². The molecule has 1 unspecified atom stereocenters. The van der Waals surface area contributed by atoms with Crippen molar-refractivity contribution in [1.82, 2.24) is 20.0 Å². The highest BCUT2D eigenvalue weighted by Gasteiger charge is 2.25. The first-order valence-electron chi connectivity index (χ1n) is 9.78. The van der Waals surface area contributed by atoms with Crippen molar-refractivity contribution in [1.29, 1.82) is 0 Å². The van der Waals surface area contributed by atoms with Crippen molar-refractivity contribution in [2.24, 2.45) is 0 Å². The first-order valence-corrected chi connectivity index (χ1v) is 9.78. The lowest BCUT2D eigenvalue weighted by Crippen LogP contribution is -2.36. The van der Waals surface area contributed by atoms with E-state index in [1.807, 2.05) is 15.8 Å². The van der Waals surface area contributed by atoms with E-state index in [0.29, 0.717) is 24.1 Å². The minimum Gasteiger partial charge on any atom is -0.334 e. The van der Waals surface area contributed by atoms with Crippen LogP contribution in [0.4, 0.5) is 0 Å². The third-order valence-corrected chi connectivity index (χ3v) is 5.70. The largest absolute Gasteiger partial charge is 0.334 e. The average molecular weight is 352 g/mol. The second kappa shape index (κ2) is 7.23. The maximum absolute atomic E-state index is 13.0. The van der Waals surface area contributed by atoms with E-state index in [9.17, 15) is 4.79 Å². The van der Waals surface area contributed by atoms with Crippen molar-refractivity contribution >= 4 is 5.91 Å². The SMILES string of the molecule is CC(C)c1cccc2c1CCN(C(=O)c1cnn(C3CCCNC3)c1)C2. The smallest absolute Gasteiger partial charge is 0.257 e. The summed E-state index contributed by atoms with van der Waals surface area (Å²) in [6.45, 7) is 7.97. The van der Waals surface area contributed by atoms with Gasteiger partial charge in [-0.2, -0.15) is 5.10 Å². The number of hydrogen-bond acceptors (Lipinski definition) is 3. The highest BCUT2D eigenvalue weighted by atomic mass is 16.2. The summed E-state index contributed by atoms with van der Waals surface area (Å²) in [5.41, 5.74) is 4.86. The zero-order valence-corrected chi connectivity index (χ0v) is 15.7. The lowest BCUT2D eigenvalue weighted by atomic mass is 9.89. The normalized spacial score (nSPS) is 20.3. The van der Waals surface area contributed by atoms with E-state index in [4.69, 9.17) is 0 Å². The predicted molar refractivity (Wildman–Crippen MR) is 102 cm³/mol. The Hall–Kier alpha value is -2.14. The molecular formula is C21H28N4O. The molecule has 2 aliphatic heterocycles. The first-order chi connectivity index (χ1) is 12.6. The fourth-order valence-electron chi connectivity index (χ4n) is 4.24. The van der Waals surface area contributed by atoms with E-state index in [1.54, 1.807) is 6.20 Å². The van der Waals surface area contributed by atoms with Crippen molar-refractivity contribution in [2.45, 2.75) is 51.6 Å². The Morgan fingerprint density at radius 2 is 2.23 bits per heavy atom. The molecule has 1 saturated heterocycles. The van der Waals surface area contributed by atoms with Gasteiger partial charge >= 0.3 is 0 Å². The highest BCUT2D eigenvalue weighted by molar-refractivity contribution is 5.93. The van der Waals surface area contributed by atoms with Crippen molar-refractivity contribution < 1.29 is 4.79 Å². The molecule has 26 heavy (non-hydrogen) atoms. The zero-order valence-electron chi connectivity index (χ0n) is 15.7. The van der Waals surface area contributed by atoms with Crippen molar-refractivity contribution in [3.63, 3.8) is 0 Å². The standard InChI is InChI=1S/C21H28N4O/c1-15(2)19-7-3-5-16-13-24(10-8-20(16)19)21(26)17-11-23-25(14-17)18-6-4-9-22-12-18/h3,5,7,11,14-15,18,22H,4,6,8-10,12-13H2,1-2H3. The molecule has 0 saturated carbocycles. The Morgan fingerprint density at radius 1 is 1.35 bits per heavy atom. The van der Waals surface area contributed by atoms with Gasteiger partial charge in [0.05, 0.1) is 17.8 Å². The first kappa shape index (κ1) is 17.3. The molecule has 2 aliphatic rings.